The second-order valence-electron chi connectivity index (χ2n) is 6.70. The molecule has 0 aliphatic carbocycles. The van der Waals surface area contributed by atoms with Gasteiger partial charge in [0.25, 0.3) is 11.1 Å². The first-order chi connectivity index (χ1) is 14.3. The van der Waals surface area contributed by atoms with Gasteiger partial charge in [0.1, 0.15) is 11.4 Å². The maximum atomic E-state index is 12.9. The normalized spacial score (nSPS) is 15.0. The number of ether oxygens (including phenoxy) is 2. The van der Waals surface area contributed by atoms with Crippen molar-refractivity contribution in [1.82, 2.24) is 9.36 Å². The highest BCUT2D eigenvalue weighted by Crippen LogP contribution is 2.33. The zero-order chi connectivity index (χ0) is 22.0. The van der Waals surface area contributed by atoms with Crippen LogP contribution in [-0.2, 0) is 19.1 Å². The molecule has 1 aliphatic rings. The van der Waals surface area contributed by atoms with E-state index >= 15 is 0 Å². The van der Waals surface area contributed by atoms with Crippen LogP contribution in [0.25, 0.3) is 5.82 Å². The maximum Gasteiger partial charge on any atom is 0.340 e. The molecular weight excluding hydrogens is 390 g/mol. The van der Waals surface area contributed by atoms with Gasteiger partial charge >= 0.3 is 11.9 Å². The molecule has 30 heavy (non-hydrogen) atoms. The van der Waals surface area contributed by atoms with Crippen LogP contribution in [0.15, 0.2) is 45.5 Å². The summed E-state index contributed by atoms with van der Waals surface area (Å²) >= 11 is 0. The van der Waals surface area contributed by atoms with E-state index in [2.05, 4.69) is 5.32 Å². The van der Waals surface area contributed by atoms with Crippen molar-refractivity contribution < 1.29 is 19.1 Å². The Morgan fingerprint density at radius 1 is 0.967 bits per heavy atom. The number of benzene rings is 1. The van der Waals surface area contributed by atoms with Gasteiger partial charge in [-0.05, 0) is 38.8 Å². The Bertz CT molecular complexity index is 1140. The third-order valence-corrected chi connectivity index (χ3v) is 4.73. The van der Waals surface area contributed by atoms with Gasteiger partial charge in [-0.25, -0.2) is 14.3 Å². The second-order valence-corrected chi connectivity index (χ2v) is 6.70. The Morgan fingerprint density at radius 3 is 2.17 bits per heavy atom. The molecule has 3 rings (SSSR count). The summed E-state index contributed by atoms with van der Waals surface area (Å²) < 4.78 is 12.2. The topological polar surface area (TPSA) is 109 Å². The Balaban J connectivity index is 2.33. The van der Waals surface area contributed by atoms with E-state index in [1.807, 2.05) is 32.0 Å². The van der Waals surface area contributed by atoms with Gasteiger partial charge in [0, 0.05) is 17.8 Å². The highest BCUT2D eigenvalue weighted by molar-refractivity contribution is 6.04. The number of hydrogen-bond acceptors (Lipinski definition) is 7. The molecule has 0 fully saturated rings. The molecule has 0 amide bonds. The first-order valence-corrected chi connectivity index (χ1v) is 9.58. The van der Waals surface area contributed by atoms with Crippen LogP contribution in [0.2, 0.25) is 0 Å². The van der Waals surface area contributed by atoms with Crippen molar-refractivity contribution in [3.05, 3.63) is 67.7 Å². The summed E-state index contributed by atoms with van der Waals surface area (Å²) in [6.07, 6.45) is 0. The quantitative estimate of drug-likeness (QED) is 0.717. The molecule has 1 aromatic heterocycles. The molecule has 1 aromatic carbocycles. The van der Waals surface area contributed by atoms with Crippen LogP contribution < -0.4 is 16.4 Å². The van der Waals surface area contributed by atoms with E-state index in [1.54, 1.807) is 13.8 Å². The van der Waals surface area contributed by atoms with Crippen LogP contribution in [0, 0.1) is 13.8 Å². The zero-order valence-electron chi connectivity index (χ0n) is 17.2. The van der Waals surface area contributed by atoms with Gasteiger partial charge in [-0.15, -0.1) is 0 Å². The number of anilines is 1. The number of para-hydroxylation sites is 1. The Kier molecular flexibility index (Phi) is 5.91. The van der Waals surface area contributed by atoms with Gasteiger partial charge in [-0.3, -0.25) is 9.59 Å². The molecule has 1 atom stereocenters. The monoisotopic (exact) mass is 413 g/mol. The molecule has 1 N–H and O–H groups in total. The van der Waals surface area contributed by atoms with Crippen LogP contribution in [0.3, 0.4) is 0 Å². The van der Waals surface area contributed by atoms with Crippen molar-refractivity contribution in [2.75, 3.05) is 18.5 Å². The highest BCUT2D eigenvalue weighted by Gasteiger charge is 2.43. The zero-order valence-corrected chi connectivity index (χ0v) is 17.2. The third kappa shape index (κ3) is 3.54. The average molecular weight is 413 g/mol. The van der Waals surface area contributed by atoms with Gasteiger partial charge in [-0.1, -0.05) is 18.2 Å². The fourth-order valence-electron chi connectivity index (χ4n) is 3.43. The van der Waals surface area contributed by atoms with Crippen LogP contribution in [-0.4, -0.2) is 34.5 Å². The summed E-state index contributed by atoms with van der Waals surface area (Å²) in [5.74, 6) is -1.66. The lowest BCUT2D eigenvalue weighted by molar-refractivity contribution is -0.149. The Morgan fingerprint density at radius 2 is 1.57 bits per heavy atom. The molecule has 1 aliphatic heterocycles. The molecule has 1 unspecified atom stereocenters. The molecule has 9 heteroatoms. The lowest BCUT2D eigenvalue weighted by Gasteiger charge is -2.16. The number of aromatic nitrogens is 2. The Hall–Kier alpha value is -3.62. The molecule has 2 aromatic rings. The standard InChI is InChI=1S/C21H23N3O6/c1-5-29-20(27)16-18(21(28)30-6-2)23-14(25)10-11-15(26)24(23)19(16)22-17-12(3)8-7-9-13(17)4/h7-11,18,22H,5-6H2,1-4H3. The van der Waals surface area contributed by atoms with Gasteiger partial charge in [0.15, 0.2) is 6.04 Å². The minimum Gasteiger partial charge on any atom is -0.464 e. The SMILES string of the molecule is CCOC(=O)C1=C(Nc2c(C)cccc2C)n2c(=O)ccc(=O)n2C1C(=O)OCC. The van der Waals surface area contributed by atoms with Gasteiger partial charge in [0.05, 0.1) is 13.2 Å². The number of nitrogens with one attached hydrogen (secondary N) is 1. The summed E-state index contributed by atoms with van der Waals surface area (Å²) in [6.45, 7) is 7.04. The summed E-state index contributed by atoms with van der Waals surface area (Å²) in [5.41, 5.74) is 0.966. The molecule has 0 saturated carbocycles. The molecular formula is C21H23N3O6. The van der Waals surface area contributed by atoms with E-state index in [9.17, 15) is 19.2 Å². The van der Waals surface area contributed by atoms with Crippen LogP contribution in [0.4, 0.5) is 5.69 Å². The Labute approximate surface area is 172 Å². The third-order valence-electron chi connectivity index (χ3n) is 4.73. The average Bonchev–Trinajstić information content (AvgIpc) is 3.04. The van der Waals surface area contributed by atoms with Gasteiger partial charge < -0.3 is 14.8 Å². The van der Waals surface area contributed by atoms with Crippen LogP contribution in [0.5, 0.6) is 0 Å². The van der Waals surface area contributed by atoms with E-state index in [0.29, 0.717) is 5.69 Å². The summed E-state index contributed by atoms with van der Waals surface area (Å²) in [5, 5.41) is 3.09. The van der Waals surface area contributed by atoms with E-state index < -0.39 is 29.1 Å². The molecule has 0 bridgehead atoms. The number of carbonyl (C=O) groups excluding carboxylic acids is 2. The fourth-order valence-corrected chi connectivity index (χ4v) is 3.43. The lowest BCUT2D eigenvalue weighted by atomic mass is 10.1. The first-order valence-electron chi connectivity index (χ1n) is 9.58. The summed E-state index contributed by atoms with van der Waals surface area (Å²) in [6, 6.07) is 6.28. The van der Waals surface area contributed by atoms with Crippen molar-refractivity contribution >= 4 is 23.4 Å². The van der Waals surface area contributed by atoms with Gasteiger partial charge in [0.2, 0.25) is 0 Å². The summed E-state index contributed by atoms with van der Waals surface area (Å²) in [4.78, 5) is 51.0. The number of hydrogen-bond donors (Lipinski definition) is 1. The number of carbonyl (C=O) groups is 2. The lowest BCUT2D eigenvalue weighted by Crippen LogP contribution is -2.39. The van der Waals surface area contributed by atoms with Crippen LogP contribution >= 0.6 is 0 Å². The second kappa shape index (κ2) is 8.40. The molecule has 158 valence electrons. The minimum atomic E-state index is -1.45. The molecule has 0 spiro atoms. The van der Waals surface area contributed by atoms with Crippen molar-refractivity contribution in [3.8, 4) is 0 Å². The number of aryl methyl sites for hydroxylation is 2. The molecule has 0 saturated heterocycles. The van der Waals surface area contributed by atoms with E-state index in [0.717, 1.165) is 32.6 Å². The number of fused-ring (bicyclic) bond motifs is 1. The largest absolute Gasteiger partial charge is 0.464 e. The highest BCUT2D eigenvalue weighted by atomic mass is 16.5. The van der Waals surface area contributed by atoms with E-state index in [1.165, 1.54) is 0 Å². The predicted molar refractivity (Wildman–Crippen MR) is 110 cm³/mol. The smallest absolute Gasteiger partial charge is 0.340 e. The summed E-state index contributed by atoms with van der Waals surface area (Å²) in [7, 11) is 0. The van der Waals surface area contributed by atoms with Crippen molar-refractivity contribution in [2.24, 2.45) is 0 Å². The fraction of sp³-hybridized carbons (Fsp3) is 0.333. The van der Waals surface area contributed by atoms with E-state index in [4.69, 9.17) is 9.47 Å². The molecule has 0 radical (unpaired) electrons. The first kappa shape index (κ1) is 21.1. The minimum absolute atomic E-state index is 0.00777. The molecule has 2 heterocycles. The van der Waals surface area contributed by atoms with E-state index in [-0.39, 0.29) is 24.6 Å². The number of nitrogens with zero attached hydrogens (tertiary/aromatic N) is 2. The van der Waals surface area contributed by atoms with Crippen molar-refractivity contribution in [2.45, 2.75) is 33.7 Å². The predicted octanol–water partition coefficient (Wildman–Crippen LogP) is 1.59. The maximum absolute atomic E-state index is 12.9. The number of esters is 2. The van der Waals surface area contributed by atoms with Crippen molar-refractivity contribution in [3.63, 3.8) is 0 Å². The molecule has 9 nitrogen and oxygen atoms in total. The van der Waals surface area contributed by atoms with Crippen molar-refractivity contribution in [1.29, 1.82) is 0 Å². The number of rotatable bonds is 6. The van der Waals surface area contributed by atoms with Gasteiger partial charge in [-0.2, -0.15) is 4.68 Å². The van der Waals surface area contributed by atoms with Crippen LogP contribution in [0.1, 0.15) is 31.0 Å².